The number of hydrogen-bond donors (Lipinski definition) is 3. The number of nitrogens with two attached hydrogens (primary N) is 2. The first-order valence-electron chi connectivity index (χ1n) is 21.0. The predicted octanol–water partition coefficient (Wildman–Crippen LogP) is 9.14. The highest BCUT2D eigenvalue weighted by atomic mass is 16.5. The molecule has 0 bridgehead atoms. The van der Waals surface area contributed by atoms with E-state index in [0.717, 1.165) is 120 Å². The summed E-state index contributed by atoms with van der Waals surface area (Å²) in [4.78, 5) is 15.4. The quantitative estimate of drug-likeness (QED) is 0.0566. The van der Waals surface area contributed by atoms with Crippen molar-refractivity contribution in [2.75, 3.05) is 39.3 Å². The molecular weight excluding hydrogens is 604 g/mol. The van der Waals surface area contributed by atoms with Crippen molar-refractivity contribution >= 4 is 5.97 Å². The molecule has 0 aromatic rings. The van der Waals surface area contributed by atoms with Crippen molar-refractivity contribution in [3.05, 3.63) is 23.9 Å². The molecule has 7 atom stereocenters. The zero-order chi connectivity index (χ0) is 35.3. The Morgan fingerprint density at radius 3 is 2.45 bits per heavy atom. The van der Waals surface area contributed by atoms with Crippen LogP contribution in [0.2, 0.25) is 0 Å². The maximum Gasteiger partial charge on any atom is 0.306 e. The zero-order valence-electron chi connectivity index (χ0n) is 32.6. The summed E-state index contributed by atoms with van der Waals surface area (Å²) in [6.07, 6.45) is 26.2. The molecule has 3 fully saturated rings. The normalized spacial score (nSPS) is 30.8. The smallest absolute Gasteiger partial charge is 0.306 e. The zero-order valence-corrected chi connectivity index (χ0v) is 32.6. The standard InChI is InChI=1S/C43H78N4O2/c1-33(2)14-6-8-16-35-19-21-39-38-20-18-36-32-37(22-24-43(36,5)40(38)23-25-42(35,39)4)49-41(48)17-9-7-15-34(3)47(31-13-27-45)30-11-10-28-46-29-12-26-44/h18,33,35,37-40,46H,3,6-17,19-32,44-45H2,1-2,4-5H3. The molecule has 0 saturated heterocycles. The summed E-state index contributed by atoms with van der Waals surface area (Å²) in [7, 11) is 0. The number of hydrogen-bond acceptors (Lipinski definition) is 6. The van der Waals surface area contributed by atoms with E-state index < -0.39 is 0 Å². The van der Waals surface area contributed by atoms with Crippen LogP contribution in [0.3, 0.4) is 0 Å². The van der Waals surface area contributed by atoms with Gasteiger partial charge in [-0.25, -0.2) is 0 Å². The maximum atomic E-state index is 13.0. The largest absolute Gasteiger partial charge is 0.462 e. The molecular formula is C43H78N4O2. The molecule has 5 N–H and O–H groups in total. The topological polar surface area (TPSA) is 93.6 Å². The lowest BCUT2D eigenvalue weighted by atomic mass is 9.47. The average Bonchev–Trinajstić information content (AvgIpc) is 3.42. The van der Waals surface area contributed by atoms with E-state index in [1.165, 1.54) is 69.9 Å². The van der Waals surface area contributed by atoms with Crippen LogP contribution in [0.4, 0.5) is 0 Å². The molecule has 3 saturated carbocycles. The summed E-state index contributed by atoms with van der Waals surface area (Å²) in [5.74, 6) is 4.36. The van der Waals surface area contributed by atoms with Crippen LogP contribution in [0.1, 0.15) is 156 Å². The molecule has 4 aliphatic rings. The van der Waals surface area contributed by atoms with Gasteiger partial charge in [-0.2, -0.15) is 0 Å². The van der Waals surface area contributed by atoms with Crippen LogP contribution in [-0.4, -0.2) is 56.2 Å². The number of fused-ring (bicyclic) bond motifs is 5. The van der Waals surface area contributed by atoms with Crippen LogP contribution in [0, 0.1) is 40.4 Å². The Labute approximate surface area is 302 Å². The lowest BCUT2D eigenvalue weighted by Crippen LogP contribution is -2.50. The van der Waals surface area contributed by atoms with Crippen molar-refractivity contribution in [2.24, 2.45) is 51.9 Å². The van der Waals surface area contributed by atoms with E-state index in [1.807, 2.05) is 0 Å². The third-order valence-corrected chi connectivity index (χ3v) is 13.9. The monoisotopic (exact) mass is 683 g/mol. The van der Waals surface area contributed by atoms with Crippen LogP contribution < -0.4 is 16.8 Å². The Morgan fingerprint density at radius 1 is 0.918 bits per heavy atom. The van der Waals surface area contributed by atoms with E-state index in [2.05, 4.69) is 50.6 Å². The summed E-state index contributed by atoms with van der Waals surface area (Å²) < 4.78 is 6.15. The van der Waals surface area contributed by atoms with Crippen molar-refractivity contribution in [1.82, 2.24) is 10.2 Å². The van der Waals surface area contributed by atoms with E-state index in [4.69, 9.17) is 16.2 Å². The Morgan fingerprint density at radius 2 is 1.67 bits per heavy atom. The molecule has 0 aliphatic heterocycles. The second kappa shape index (κ2) is 20.0. The molecule has 6 heteroatoms. The van der Waals surface area contributed by atoms with Gasteiger partial charge < -0.3 is 26.4 Å². The summed E-state index contributed by atoms with van der Waals surface area (Å²) in [5.41, 5.74) is 15.1. The van der Waals surface area contributed by atoms with Crippen molar-refractivity contribution in [1.29, 1.82) is 0 Å². The minimum absolute atomic E-state index is 0.00514. The third-order valence-electron chi connectivity index (χ3n) is 13.9. The van der Waals surface area contributed by atoms with Gasteiger partial charge in [0.15, 0.2) is 0 Å². The molecule has 0 amide bonds. The van der Waals surface area contributed by atoms with Gasteiger partial charge in [0.25, 0.3) is 0 Å². The Balaban J connectivity index is 1.17. The van der Waals surface area contributed by atoms with Gasteiger partial charge in [-0.1, -0.05) is 65.2 Å². The fraction of sp³-hybridized carbons (Fsp3) is 0.884. The lowest BCUT2D eigenvalue weighted by molar-refractivity contribution is -0.151. The molecule has 282 valence electrons. The highest BCUT2D eigenvalue weighted by Crippen LogP contribution is 2.66. The minimum atomic E-state index is -0.00514. The molecule has 0 aromatic carbocycles. The first-order chi connectivity index (χ1) is 23.6. The van der Waals surface area contributed by atoms with Crippen LogP contribution >= 0.6 is 0 Å². The van der Waals surface area contributed by atoms with Crippen molar-refractivity contribution in [3.8, 4) is 0 Å². The molecule has 0 heterocycles. The fourth-order valence-electron chi connectivity index (χ4n) is 10.9. The maximum absolute atomic E-state index is 13.0. The average molecular weight is 683 g/mol. The molecule has 49 heavy (non-hydrogen) atoms. The van der Waals surface area contributed by atoms with E-state index in [9.17, 15) is 4.79 Å². The lowest BCUT2D eigenvalue weighted by Gasteiger charge is -2.58. The predicted molar refractivity (Wildman–Crippen MR) is 207 cm³/mol. The minimum Gasteiger partial charge on any atom is -0.462 e. The van der Waals surface area contributed by atoms with Crippen LogP contribution in [0.25, 0.3) is 0 Å². The first kappa shape index (κ1) is 40.4. The van der Waals surface area contributed by atoms with Crippen molar-refractivity contribution < 1.29 is 9.53 Å². The van der Waals surface area contributed by atoms with Gasteiger partial charge in [0.1, 0.15) is 6.10 Å². The van der Waals surface area contributed by atoms with Gasteiger partial charge in [0, 0.05) is 31.6 Å². The van der Waals surface area contributed by atoms with Gasteiger partial charge in [0.2, 0.25) is 0 Å². The number of esters is 1. The number of unbranched alkanes of at least 4 members (excludes halogenated alkanes) is 3. The highest BCUT2D eigenvalue weighted by molar-refractivity contribution is 5.69. The SMILES string of the molecule is C=C(CCCCC(=O)OC1CCC2(C)C(=CCC3C2CCC2(C)C(CCCCC(C)C)CCC32)C1)N(CCCN)CCCCNCCCN. The Bertz CT molecular complexity index is 1040. The van der Waals surface area contributed by atoms with Crippen molar-refractivity contribution in [2.45, 2.75) is 162 Å². The molecule has 4 rings (SSSR count). The first-order valence-corrected chi connectivity index (χ1v) is 21.0. The number of carbonyl (C=O) groups excluding carboxylic acids is 1. The fourth-order valence-corrected chi connectivity index (χ4v) is 10.9. The van der Waals surface area contributed by atoms with Crippen LogP contribution in [0.15, 0.2) is 23.9 Å². The van der Waals surface area contributed by atoms with E-state index in [-0.39, 0.29) is 12.1 Å². The number of nitrogens with zero attached hydrogens (tertiary/aromatic N) is 1. The third kappa shape index (κ3) is 11.1. The van der Waals surface area contributed by atoms with E-state index in [1.54, 1.807) is 5.57 Å². The Hall–Kier alpha value is -1.37. The molecule has 0 radical (unpaired) electrons. The van der Waals surface area contributed by atoms with Gasteiger partial charge in [-0.05, 0) is 163 Å². The summed E-state index contributed by atoms with van der Waals surface area (Å²) in [6.45, 7) is 19.9. The summed E-state index contributed by atoms with van der Waals surface area (Å²) in [5, 5.41) is 3.47. The molecule has 4 aliphatic carbocycles. The summed E-state index contributed by atoms with van der Waals surface area (Å²) in [6, 6.07) is 0. The van der Waals surface area contributed by atoms with Gasteiger partial charge in [-0.3, -0.25) is 4.79 Å². The van der Waals surface area contributed by atoms with Gasteiger partial charge in [0.05, 0.1) is 0 Å². The van der Waals surface area contributed by atoms with Crippen molar-refractivity contribution in [3.63, 3.8) is 0 Å². The highest BCUT2D eigenvalue weighted by Gasteiger charge is 2.58. The van der Waals surface area contributed by atoms with Gasteiger partial charge >= 0.3 is 5.97 Å². The number of carbonyl (C=O) groups is 1. The molecule has 6 nitrogen and oxygen atoms in total. The number of allylic oxidation sites excluding steroid dienone is 2. The number of nitrogens with one attached hydrogen (secondary N) is 1. The van der Waals surface area contributed by atoms with E-state index >= 15 is 0 Å². The molecule has 0 spiro atoms. The van der Waals surface area contributed by atoms with Crippen LogP contribution in [0.5, 0.6) is 0 Å². The van der Waals surface area contributed by atoms with Gasteiger partial charge in [-0.15, -0.1) is 0 Å². The molecule has 7 unspecified atom stereocenters. The second-order valence-corrected chi connectivity index (χ2v) is 17.6. The number of rotatable bonds is 23. The summed E-state index contributed by atoms with van der Waals surface area (Å²) >= 11 is 0. The van der Waals surface area contributed by atoms with Crippen LogP contribution in [-0.2, 0) is 9.53 Å². The van der Waals surface area contributed by atoms with E-state index in [0.29, 0.717) is 23.8 Å². The second-order valence-electron chi connectivity index (χ2n) is 17.6. The number of ether oxygens (including phenoxy) is 1. The molecule has 0 aromatic heterocycles. The Kier molecular flexibility index (Phi) is 16.5.